The van der Waals surface area contributed by atoms with Gasteiger partial charge in [0.15, 0.2) is 0 Å². The quantitative estimate of drug-likeness (QED) is 0.301. The van der Waals surface area contributed by atoms with Crippen molar-refractivity contribution in [3.05, 3.63) is 84.2 Å². The summed E-state index contributed by atoms with van der Waals surface area (Å²) in [6.07, 6.45) is 2.31. The van der Waals surface area contributed by atoms with E-state index in [4.69, 9.17) is 16.2 Å². The number of benzene rings is 1. The summed E-state index contributed by atoms with van der Waals surface area (Å²) in [7, 11) is -3.67. The van der Waals surface area contributed by atoms with Crippen LogP contribution in [0.4, 0.5) is 0 Å². The molecule has 31 heavy (non-hydrogen) atoms. The summed E-state index contributed by atoms with van der Waals surface area (Å²) < 4.78 is 27.0. The standard InChI is InChI=1S/C18H13ClN4O3.CH4O3S/c1-9(12-4-2-3-7-20-12)23-18(26)14-15(17(25)22-23)21-13-8-10(19)5-6-11(13)16(14)24;1-5(2,3)4/h2-9H,1H3,(H,21,24)(H,22,25);1H3,(H,2,3,4). The number of hydrogen-bond acceptors (Lipinski definition) is 6. The van der Waals surface area contributed by atoms with Gasteiger partial charge in [-0.2, -0.15) is 8.42 Å². The number of aromatic amines is 2. The molecule has 0 spiro atoms. The van der Waals surface area contributed by atoms with Gasteiger partial charge in [0.1, 0.15) is 10.9 Å². The Kier molecular flexibility index (Phi) is 6.11. The number of H-pyrrole nitrogens is 2. The van der Waals surface area contributed by atoms with Crippen LogP contribution < -0.4 is 16.5 Å². The maximum absolute atomic E-state index is 12.9. The highest BCUT2D eigenvalue weighted by atomic mass is 35.5. The van der Waals surface area contributed by atoms with Crippen LogP contribution in [-0.2, 0) is 10.1 Å². The lowest BCUT2D eigenvalue weighted by molar-refractivity contribution is 0.490. The molecular weight excluding hydrogens is 448 g/mol. The number of aromatic nitrogens is 4. The first-order chi connectivity index (χ1) is 14.5. The molecule has 0 aliphatic rings. The Balaban J connectivity index is 0.000000491. The Morgan fingerprint density at radius 2 is 1.84 bits per heavy atom. The molecule has 4 aromatic rings. The summed E-state index contributed by atoms with van der Waals surface area (Å²) in [5.41, 5.74) is -0.746. The normalized spacial score (nSPS) is 12.4. The van der Waals surface area contributed by atoms with Gasteiger partial charge in [-0.15, -0.1) is 0 Å². The van der Waals surface area contributed by atoms with Gasteiger partial charge in [-0.25, -0.2) is 4.68 Å². The van der Waals surface area contributed by atoms with E-state index in [0.29, 0.717) is 27.9 Å². The van der Waals surface area contributed by atoms with Crippen molar-refractivity contribution in [2.45, 2.75) is 13.0 Å². The smallest absolute Gasteiger partial charge is 0.287 e. The Hall–Kier alpha value is -3.28. The van der Waals surface area contributed by atoms with Crippen LogP contribution in [0.3, 0.4) is 0 Å². The highest BCUT2D eigenvalue weighted by Gasteiger charge is 2.18. The minimum absolute atomic E-state index is 0.0702. The molecule has 1 unspecified atom stereocenters. The third-order valence-corrected chi connectivity index (χ3v) is 4.58. The van der Waals surface area contributed by atoms with Gasteiger partial charge in [0, 0.05) is 16.6 Å². The van der Waals surface area contributed by atoms with Gasteiger partial charge in [0.2, 0.25) is 5.43 Å². The molecule has 0 fully saturated rings. The SMILES string of the molecule is CC(c1ccccn1)n1[nH]c(=O)c2[nH]c3cc(Cl)ccc3c(=O)c2c1=O.CS(=O)(=O)O. The first kappa shape index (κ1) is 22.4. The van der Waals surface area contributed by atoms with Crippen LogP contribution in [0.5, 0.6) is 0 Å². The van der Waals surface area contributed by atoms with E-state index in [-0.39, 0.29) is 10.9 Å². The second-order valence-corrected chi connectivity index (χ2v) is 8.58. The number of halogens is 1. The van der Waals surface area contributed by atoms with Gasteiger partial charge in [-0.1, -0.05) is 17.7 Å². The van der Waals surface area contributed by atoms with Crippen molar-refractivity contribution < 1.29 is 13.0 Å². The van der Waals surface area contributed by atoms with Gasteiger partial charge in [-0.05, 0) is 37.3 Å². The summed E-state index contributed by atoms with van der Waals surface area (Å²) >= 11 is 5.95. The molecule has 0 aliphatic carbocycles. The molecule has 0 saturated heterocycles. The van der Waals surface area contributed by atoms with Gasteiger partial charge < -0.3 is 4.98 Å². The van der Waals surface area contributed by atoms with E-state index in [1.165, 1.54) is 6.07 Å². The molecule has 10 nitrogen and oxygen atoms in total. The average Bonchev–Trinajstić information content (AvgIpc) is 2.69. The maximum atomic E-state index is 12.9. The van der Waals surface area contributed by atoms with E-state index >= 15 is 0 Å². The Labute approximate surface area is 179 Å². The molecule has 3 heterocycles. The van der Waals surface area contributed by atoms with E-state index in [2.05, 4.69) is 15.1 Å². The topological polar surface area (TPSA) is 155 Å². The Bertz CT molecular complexity index is 1550. The maximum Gasteiger partial charge on any atom is 0.287 e. The van der Waals surface area contributed by atoms with E-state index in [1.54, 1.807) is 43.5 Å². The summed E-state index contributed by atoms with van der Waals surface area (Å²) in [5, 5.41) is 3.05. The van der Waals surface area contributed by atoms with E-state index in [9.17, 15) is 22.8 Å². The molecule has 1 aromatic carbocycles. The number of pyridine rings is 2. The third kappa shape index (κ3) is 4.90. The Morgan fingerprint density at radius 1 is 1.16 bits per heavy atom. The van der Waals surface area contributed by atoms with Crippen molar-refractivity contribution >= 4 is 43.5 Å². The first-order valence-electron chi connectivity index (χ1n) is 8.81. The lowest BCUT2D eigenvalue weighted by Crippen LogP contribution is -2.35. The van der Waals surface area contributed by atoms with Gasteiger partial charge in [0.25, 0.3) is 21.2 Å². The predicted molar refractivity (Wildman–Crippen MR) is 117 cm³/mol. The molecule has 0 saturated carbocycles. The van der Waals surface area contributed by atoms with E-state index in [0.717, 1.165) is 4.68 Å². The van der Waals surface area contributed by atoms with E-state index in [1.807, 2.05) is 0 Å². The molecule has 0 bridgehead atoms. The van der Waals surface area contributed by atoms with Crippen LogP contribution in [0.2, 0.25) is 5.02 Å². The van der Waals surface area contributed by atoms with Crippen LogP contribution in [0, 0.1) is 0 Å². The number of hydrogen-bond donors (Lipinski definition) is 3. The van der Waals surface area contributed by atoms with Crippen LogP contribution >= 0.6 is 11.6 Å². The fraction of sp³-hybridized carbons (Fsp3) is 0.158. The zero-order valence-corrected chi connectivity index (χ0v) is 17.9. The zero-order chi connectivity index (χ0) is 22.9. The fourth-order valence-electron chi connectivity index (χ4n) is 3.00. The number of fused-ring (bicyclic) bond motifs is 2. The van der Waals surface area contributed by atoms with Gasteiger partial charge >= 0.3 is 0 Å². The number of nitrogens with one attached hydrogen (secondary N) is 2. The molecule has 3 N–H and O–H groups in total. The molecule has 0 radical (unpaired) electrons. The van der Waals surface area contributed by atoms with Gasteiger partial charge in [-0.3, -0.25) is 29.0 Å². The highest BCUT2D eigenvalue weighted by molar-refractivity contribution is 7.85. The first-order valence-corrected chi connectivity index (χ1v) is 11.0. The highest BCUT2D eigenvalue weighted by Crippen LogP contribution is 2.17. The van der Waals surface area contributed by atoms with Crippen molar-refractivity contribution in [2.75, 3.05) is 6.26 Å². The van der Waals surface area contributed by atoms with Crippen LogP contribution in [0.1, 0.15) is 18.7 Å². The molecule has 4 rings (SSSR count). The second-order valence-electron chi connectivity index (χ2n) is 6.67. The largest absolute Gasteiger partial charge is 0.350 e. The van der Waals surface area contributed by atoms with Crippen molar-refractivity contribution in [1.82, 2.24) is 19.7 Å². The lowest BCUT2D eigenvalue weighted by atomic mass is 10.1. The average molecular weight is 465 g/mol. The molecular formula is C19H17ClN4O6S. The van der Waals surface area contributed by atoms with Crippen molar-refractivity contribution in [1.29, 1.82) is 0 Å². The van der Waals surface area contributed by atoms with Crippen molar-refractivity contribution in [3.63, 3.8) is 0 Å². The minimum Gasteiger partial charge on any atom is -0.350 e. The van der Waals surface area contributed by atoms with Crippen molar-refractivity contribution in [3.8, 4) is 0 Å². The van der Waals surface area contributed by atoms with Crippen LogP contribution in [0.25, 0.3) is 21.8 Å². The summed E-state index contributed by atoms with van der Waals surface area (Å²) in [4.78, 5) is 45.4. The number of rotatable bonds is 2. The second kappa shape index (κ2) is 8.46. The monoisotopic (exact) mass is 464 g/mol. The zero-order valence-electron chi connectivity index (χ0n) is 16.3. The summed E-state index contributed by atoms with van der Waals surface area (Å²) in [5.74, 6) is 0. The van der Waals surface area contributed by atoms with E-state index < -0.39 is 32.7 Å². The summed E-state index contributed by atoms with van der Waals surface area (Å²) in [6.45, 7) is 1.72. The van der Waals surface area contributed by atoms with Crippen LogP contribution in [0.15, 0.2) is 57.0 Å². The minimum atomic E-state index is -3.67. The molecule has 0 aliphatic heterocycles. The van der Waals surface area contributed by atoms with Gasteiger partial charge in [0.05, 0.1) is 23.5 Å². The molecule has 1 atom stereocenters. The molecule has 162 valence electrons. The fourth-order valence-corrected chi connectivity index (χ4v) is 3.17. The lowest BCUT2D eigenvalue weighted by Gasteiger charge is -2.14. The molecule has 3 aromatic heterocycles. The predicted octanol–water partition coefficient (Wildman–Crippen LogP) is 1.69. The Morgan fingerprint density at radius 3 is 2.45 bits per heavy atom. The van der Waals surface area contributed by atoms with Crippen molar-refractivity contribution in [2.24, 2.45) is 0 Å². The van der Waals surface area contributed by atoms with Crippen LogP contribution in [-0.4, -0.2) is 39.0 Å². The molecule has 0 amide bonds. The summed E-state index contributed by atoms with van der Waals surface area (Å²) in [6, 6.07) is 9.37. The number of nitrogens with zero attached hydrogens (tertiary/aromatic N) is 2. The third-order valence-electron chi connectivity index (χ3n) is 4.35. The molecule has 12 heteroatoms.